The van der Waals surface area contributed by atoms with Gasteiger partial charge >= 0.3 is 0 Å². The lowest BCUT2D eigenvalue weighted by Gasteiger charge is -2.08. The summed E-state index contributed by atoms with van der Waals surface area (Å²) in [4.78, 5) is 21.9. The molecule has 1 fully saturated rings. The monoisotopic (exact) mass is 298 g/mol. The Morgan fingerprint density at radius 1 is 1.45 bits per heavy atom. The maximum atomic E-state index is 11.8. The van der Waals surface area contributed by atoms with Gasteiger partial charge in [-0.2, -0.15) is 0 Å². The van der Waals surface area contributed by atoms with E-state index in [0.717, 1.165) is 0 Å². The molecule has 1 aliphatic heterocycles. The maximum absolute atomic E-state index is 11.8. The van der Waals surface area contributed by atoms with Crippen molar-refractivity contribution >= 4 is 27.1 Å². The van der Waals surface area contributed by atoms with Crippen molar-refractivity contribution in [1.29, 1.82) is 0 Å². The lowest BCUT2D eigenvalue weighted by atomic mass is 10.1. The summed E-state index contributed by atoms with van der Waals surface area (Å²) in [6.07, 6.45) is 0.604. The van der Waals surface area contributed by atoms with Crippen molar-refractivity contribution < 1.29 is 18.1 Å². The number of benzene rings is 1. The van der Waals surface area contributed by atoms with Gasteiger partial charge in [-0.25, -0.2) is 8.42 Å². The maximum Gasteiger partial charge on any atom is 0.271 e. The third-order valence-electron chi connectivity index (χ3n) is 3.14. The molecule has 0 bridgehead atoms. The Labute approximate surface area is 116 Å². The molecular formula is C12H14N2O5S. The Morgan fingerprint density at radius 3 is 2.80 bits per heavy atom. The second-order valence-electron chi connectivity index (χ2n) is 4.83. The van der Waals surface area contributed by atoms with Crippen molar-refractivity contribution in [3.8, 4) is 0 Å². The van der Waals surface area contributed by atoms with Gasteiger partial charge in [-0.1, -0.05) is 6.07 Å². The van der Waals surface area contributed by atoms with Gasteiger partial charge in [0.15, 0.2) is 9.84 Å². The number of nitrogens with one attached hydrogen (secondary N) is 1. The molecule has 0 spiro atoms. The Bertz CT molecular complexity index is 641. The van der Waals surface area contributed by atoms with E-state index >= 15 is 0 Å². The number of nitro groups is 1. The van der Waals surface area contributed by atoms with E-state index in [9.17, 15) is 23.3 Å². The fourth-order valence-electron chi connectivity index (χ4n) is 2.20. The normalized spacial score (nSPS) is 20.5. The van der Waals surface area contributed by atoms with E-state index in [2.05, 4.69) is 5.32 Å². The minimum absolute atomic E-state index is 0.0371. The van der Waals surface area contributed by atoms with E-state index in [0.29, 0.717) is 12.1 Å². The van der Waals surface area contributed by atoms with Gasteiger partial charge in [0.1, 0.15) is 0 Å². The van der Waals surface area contributed by atoms with E-state index in [1.165, 1.54) is 18.2 Å². The van der Waals surface area contributed by atoms with Crippen LogP contribution in [-0.2, 0) is 14.6 Å². The number of nitro benzene ring substituents is 1. The molecule has 0 saturated carbocycles. The Balaban J connectivity index is 1.95. The average Bonchev–Trinajstić information content (AvgIpc) is 2.68. The van der Waals surface area contributed by atoms with Crippen LogP contribution in [0.25, 0.3) is 0 Å². The fraction of sp³-hybridized carbons (Fsp3) is 0.417. The number of non-ortho nitro benzene ring substituents is 1. The molecule has 1 N–H and O–H groups in total. The lowest BCUT2D eigenvalue weighted by Crippen LogP contribution is -2.17. The van der Waals surface area contributed by atoms with Gasteiger partial charge < -0.3 is 5.32 Å². The molecule has 1 aromatic rings. The summed E-state index contributed by atoms with van der Waals surface area (Å²) in [6, 6.07) is 5.63. The Hall–Kier alpha value is -1.96. The molecule has 1 amide bonds. The summed E-state index contributed by atoms with van der Waals surface area (Å²) in [6.45, 7) is 0. The van der Waals surface area contributed by atoms with Crippen molar-refractivity contribution in [1.82, 2.24) is 0 Å². The molecule has 1 unspecified atom stereocenters. The number of anilines is 1. The molecule has 1 atom stereocenters. The third kappa shape index (κ3) is 3.77. The molecule has 0 aliphatic carbocycles. The SMILES string of the molecule is O=C(CC1CCS(=O)(=O)C1)Nc1cccc([N+](=O)[O-])c1. The first-order valence-corrected chi connectivity index (χ1v) is 7.92. The molecular weight excluding hydrogens is 284 g/mol. The quantitative estimate of drug-likeness (QED) is 0.667. The molecule has 1 heterocycles. The number of nitrogens with zero attached hydrogens (tertiary/aromatic N) is 1. The fourth-order valence-corrected chi connectivity index (χ4v) is 4.07. The molecule has 0 radical (unpaired) electrons. The summed E-state index contributed by atoms with van der Waals surface area (Å²) in [5, 5.41) is 13.2. The number of carbonyl (C=O) groups excluding carboxylic acids is 1. The molecule has 20 heavy (non-hydrogen) atoms. The second kappa shape index (κ2) is 5.58. The van der Waals surface area contributed by atoms with Gasteiger partial charge in [-0.05, 0) is 18.4 Å². The molecule has 2 rings (SSSR count). The van der Waals surface area contributed by atoms with Crippen molar-refractivity contribution in [2.75, 3.05) is 16.8 Å². The summed E-state index contributed by atoms with van der Waals surface area (Å²) in [7, 11) is -3.00. The van der Waals surface area contributed by atoms with E-state index in [1.54, 1.807) is 6.07 Å². The number of sulfone groups is 1. The van der Waals surface area contributed by atoms with Crippen LogP contribution in [0.2, 0.25) is 0 Å². The van der Waals surface area contributed by atoms with Crippen LogP contribution in [0.15, 0.2) is 24.3 Å². The molecule has 8 heteroatoms. The Morgan fingerprint density at radius 2 is 2.20 bits per heavy atom. The average molecular weight is 298 g/mol. The molecule has 108 valence electrons. The van der Waals surface area contributed by atoms with E-state index < -0.39 is 14.8 Å². The number of amides is 1. The third-order valence-corrected chi connectivity index (χ3v) is 4.98. The van der Waals surface area contributed by atoms with Crippen LogP contribution in [-0.4, -0.2) is 30.8 Å². The van der Waals surface area contributed by atoms with E-state index in [4.69, 9.17) is 0 Å². The van der Waals surface area contributed by atoms with Crippen molar-refractivity contribution in [2.24, 2.45) is 5.92 Å². The molecule has 1 aliphatic rings. The number of carbonyl (C=O) groups is 1. The van der Waals surface area contributed by atoms with E-state index in [-0.39, 0.29) is 35.4 Å². The number of hydrogen-bond acceptors (Lipinski definition) is 5. The highest BCUT2D eigenvalue weighted by Crippen LogP contribution is 2.23. The van der Waals surface area contributed by atoms with Crippen LogP contribution in [0.4, 0.5) is 11.4 Å². The number of hydrogen-bond donors (Lipinski definition) is 1. The highest BCUT2D eigenvalue weighted by molar-refractivity contribution is 7.91. The largest absolute Gasteiger partial charge is 0.326 e. The standard InChI is InChI=1S/C12H14N2O5S/c15-12(6-9-4-5-20(18,19)8-9)13-10-2-1-3-11(7-10)14(16)17/h1-3,7,9H,4-6,8H2,(H,13,15). The smallest absolute Gasteiger partial charge is 0.271 e. The summed E-state index contributed by atoms with van der Waals surface area (Å²) >= 11 is 0. The van der Waals surface area contributed by atoms with Crippen LogP contribution >= 0.6 is 0 Å². The summed E-state index contributed by atoms with van der Waals surface area (Å²) in [5.41, 5.74) is 0.233. The zero-order valence-electron chi connectivity index (χ0n) is 10.6. The summed E-state index contributed by atoms with van der Waals surface area (Å²) in [5.74, 6) is -0.330. The van der Waals surface area contributed by atoms with Crippen LogP contribution in [0.1, 0.15) is 12.8 Å². The van der Waals surface area contributed by atoms with Crippen molar-refractivity contribution in [3.05, 3.63) is 34.4 Å². The zero-order chi connectivity index (χ0) is 14.8. The minimum Gasteiger partial charge on any atom is -0.326 e. The topological polar surface area (TPSA) is 106 Å². The van der Waals surface area contributed by atoms with Crippen molar-refractivity contribution in [2.45, 2.75) is 12.8 Å². The van der Waals surface area contributed by atoms with Crippen LogP contribution in [0.5, 0.6) is 0 Å². The first-order valence-electron chi connectivity index (χ1n) is 6.10. The predicted octanol–water partition coefficient (Wildman–Crippen LogP) is 1.36. The Kier molecular flexibility index (Phi) is 4.03. The molecule has 1 aromatic carbocycles. The zero-order valence-corrected chi connectivity index (χ0v) is 11.4. The highest BCUT2D eigenvalue weighted by Gasteiger charge is 2.29. The van der Waals surface area contributed by atoms with Crippen LogP contribution < -0.4 is 5.32 Å². The minimum atomic E-state index is -3.00. The first kappa shape index (κ1) is 14.4. The van der Waals surface area contributed by atoms with Gasteiger partial charge in [-0.3, -0.25) is 14.9 Å². The first-order chi connectivity index (χ1) is 9.35. The van der Waals surface area contributed by atoms with Gasteiger partial charge in [0.05, 0.1) is 16.4 Å². The molecule has 1 saturated heterocycles. The molecule has 0 aromatic heterocycles. The van der Waals surface area contributed by atoms with Gasteiger partial charge in [0.25, 0.3) is 5.69 Å². The lowest BCUT2D eigenvalue weighted by molar-refractivity contribution is -0.384. The van der Waals surface area contributed by atoms with Crippen LogP contribution in [0, 0.1) is 16.0 Å². The second-order valence-corrected chi connectivity index (χ2v) is 7.06. The molecule has 7 nitrogen and oxygen atoms in total. The number of rotatable bonds is 4. The summed E-state index contributed by atoms with van der Waals surface area (Å²) < 4.78 is 22.6. The van der Waals surface area contributed by atoms with Gasteiger partial charge in [0.2, 0.25) is 5.91 Å². The van der Waals surface area contributed by atoms with Crippen LogP contribution in [0.3, 0.4) is 0 Å². The van der Waals surface area contributed by atoms with E-state index in [1.807, 2.05) is 0 Å². The van der Waals surface area contributed by atoms with Gasteiger partial charge in [-0.15, -0.1) is 0 Å². The van der Waals surface area contributed by atoms with Gasteiger partial charge in [0, 0.05) is 24.2 Å². The predicted molar refractivity (Wildman–Crippen MR) is 73.1 cm³/mol. The van der Waals surface area contributed by atoms with Crippen molar-refractivity contribution in [3.63, 3.8) is 0 Å². The highest BCUT2D eigenvalue weighted by atomic mass is 32.2.